The van der Waals surface area contributed by atoms with E-state index in [1.807, 2.05) is 24.4 Å². The Labute approximate surface area is 160 Å². The monoisotopic (exact) mass is 367 g/mol. The number of hydrogen-bond donors (Lipinski definition) is 2. The summed E-state index contributed by atoms with van der Waals surface area (Å²) in [6, 6.07) is 10.1. The third kappa shape index (κ3) is 4.47. The Balaban J connectivity index is 1.49. The molecule has 0 spiro atoms. The van der Waals surface area contributed by atoms with Gasteiger partial charge in [-0.2, -0.15) is 0 Å². The molecule has 1 aromatic carbocycles. The van der Waals surface area contributed by atoms with Gasteiger partial charge in [0, 0.05) is 11.6 Å². The highest BCUT2D eigenvalue weighted by Crippen LogP contribution is 2.38. The fourth-order valence-corrected chi connectivity index (χ4v) is 4.35. The zero-order chi connectivity index (χ0) is 18.6. The van der Waals surface area contributed by atoms with Crippen molar-refractivity contribution >= 4 is 16.8 Å². The van der Waals surface area contributed by atoms with Gasteiger partial charge in [-0.1, -0.05) is 31.0 Å². The second-order valence-corrected chi connectivity index (χ2v) is 8.08. The SMILES string of the molecule is O=C(CN1CCCCCC1)NC(c1cnc2ccccc2c1)C1CC(O)C1. The van der Waals surface area contributed by atoms with Crippen LogP contribution in [0, 0.1) is 5.92 Å². The van der Waals surface area contributed by atoms with Gasteiger partial charge in [-0.25, -0.2) is 0 Å². The lowest BCUT2D eigenvalue weighted by atomic mass is 9.75. The molecule has 2 fully saturated rings. The Hall–Kier alpha value is -1.98. The van der Waals surface area contributed by atoms with Gasteiger partial charge in [0.25, 0.3) is 0 Å². The van der Waals surface area contributed by atoms with E-state index in [9.17, 15) is 9.90 Å². The first-order chi connectivity index (χ1) is 13.2. The number of nitrogens with zero attached hydrogens (tertiary/aromatic N) is 2. The molecule has 0 bridgehead atoms. The molecule has 2 aromatic rings. The average molecular weight is 367 g/mol. The second kappa shape index (κ2) is 8.36. The number of likely N-dealkylation sites (tertiary alicyclic amines) is 1. The highest BCUT2D eigenvalue weighted by Gasteiger charge is 2.36. The van der Waals surface area contributed by atoms with Crippen molar-refractivity contribution < 1.29 is 9.90 Å². The molecule has 1 unspecified atom stereocenters. The molecular weight excluding hydrogens is 338 g/mol. The number of para-hydroxylation sites is 1. The van der Waals surface area contributed by atoms with E-state index in [2.05, 4.69) is 27.3 Å². The largest absolute Gasteiger partial charge is 0.393 e. The van der Waals surface area contributed by atoms with Crippen molar-refractivity contribution in [1.82, 2.24) is 15.2 Å². The summed E-state index contributed by atoms with van der Waals surface area (Å²) in [5, 5.41) is 14.1. The molecular formula is C22H29N3O2. The first kappa shape index (κ1) is 18.4. The summed E-state index contributed by atoms with van der Waals surface area (Å²) in [5.74, 6) is 0.354. The fourth-order valence-electron chi connectivity index (χ4n) is 4.35. The maximum atomic E-state index is 12.8. The molecule has 1 amide bonds. The fraction of sp³-hybridized carbons (Fsp3) is 0.545. The Morgan fingerprint density at radius 2 is 1.93 bits per heavy atom. The van der Waals surface area contributed by atoms with Crippen LogP contribution < -0.4 is 5.32 Å². The summed E-state index contributed by atoms with van der Waals surface area (Å²) in [5.41, 5.74) is 2.00. The predicted molar refractivity (Wildman–Crippen MR) is 106 cm³/mol. The standard InChI is InChI=1S/C22H29N3O2/c26-19-12-17(13-19)22(18-11-16-7-3-4-8-20(16)23-14-18)24-21(27)15-25-9-5-1-2-6-10-25/h3-4,7-8,11,14,17,19,22,26H,1-2,5-6,9-10,12-13,15H2,(H,24,27). The third-order valence-corrected chi connectivity index (χ3v) is 5.97. The van der Waals surface area contributed by atoms with E-state index in [0.717, 1.165) is 42.4 Å². The Morgan fingerprint density at radius 1 is 1.19 bits per heavy atom. The lowest BCUT2D eigenvalue weighted by molar-refractivity contribution is -0.124. The molecule has 1 atom stereocenters. The Bertz CT molecular complexity index is 780. The molecule has 4 rings (SSSR count). The molecule has 2 heterocycles. The van der Waals surface area contributed by atoms with Gasteiger partial charge in [0.15, 0.2) is 0 Å². The average Bonchev–Trinajstić information content (AvgIpc) is 2.92. The second-order valence-electron chi connectivity index (χ2n) is 8.08. The molecule has 5 heteroatoms. The minimum atomic E-state index is -0.242. The number of aliphatic hydroxyl groups excluding tert-OH is 1. The highest BCUT2D eigenvalue weighted by molar-refractivity contribution is 5.80. The third-order valence-electron chi connectivity index (χ3n) is 5.97. The Kier molecular flexibility index (Phi) is 5.69. The number of pyridine rings is 1. The molecule has 0 radical (unpaired) electrons. The first-order valence-electron chi connectivity index (χ1n) is 10.2. The minimum absolute atomic E-state index is 0.0787. The van der Waals surface area contributed by atoms with Crippen LogP contribution in [0.25, 0.3) is 10.9 Å². The van der Waals surface area contributed by atoms with Gasteiger partial charge in [-0.15, -0.1) is 0 Å². The molecule has 144 valence electrons. The number of benzene rings is 1. The van der Waals surface area contributed by atoms with Crippen LogP contribution in [-0.4, -0.2) is 46.6 Å². The molecule has 5 nitrogen and oxygen atoms in total. The summed E-state index contributed by atoms with van der Waals surface area (Å²) in [6.07, 6.45) is 8.01. The molecule has 2 N–H and O–H groups in total. The van der Waals surface area contributed by atoms with Crippen molar-refractivity contribution in [3.63, 3.8) is 0 Å². The number of carbonyl (C=O) groups is 1. The van der Waals surface area contributed by atoms with Crippen LogP contribution in [0.4, 0.5) is 0 Å². The number of aliphatic hydroxyl groups is 1. The number of nitrogens with one attached hydrogen (secondary N) is 1. The maximum absolute atomic E-state index is 12.8. The van der Waals surface area contributed by atoms with Crippen molar-refractivity contribution in [2.45, 2.75) is 50.7 Å². The van der Waals surface area contributed by atoms with E-state index in [-0.39, 0.29) is 24.0 Å². The number of fused-ring (bicyclic) bond motifs is 1. The van der Waals surface area contributed by atoms with Crippen LogP contribution in [0.1, 0.15) is 50.1 Å². The lowest BCUT2D eigenvalue weighted by Crippen LogP contribution is -2.45. The topological polar surface area (TPSA) is 65.5 Å². The predicted octanol–water partition coefficient (Wildman–Crippen LogP) is 3.04. The number of carbonyl (C=O) groups excluding carboxylic acids is 1. The quantitative estimate of drug-likeness (QED) is 0.852. The summed E-state index contributed by atoms with van der Waals surface area (Å²) in [6.45, 7) is 2.49. The summed E-state index contributed by atoms with van der Waals surface area (Å²) >= 11 is 0. The van der Waals surface area contributed by atoms with Crippen LogP contribution in [0.3, 0.4) is 0 Å². The number of aromatic nitrogens is 1. The molecule has 1 aromatic heterocycles. The normalized spacial score (nSPS) is 24.8. The number of hydrogen-bond acceptors (Lipinski definition) is 4. The Morgan fingerprint density at radius 3 is 2.67 bits per heavy atom. The smallest absolute Gasteiger partial charge is 0.234 e. The molecule has 1 aliphatic heterocycles. The van der Waals surface area contributed by atoms with Gasteiger partial charge >= 0.3 is 0 Å². The van der Waals surface area contributed by atoms with E-state index in [1.165, 1.54) is 25.7 Å². The number of rotatable bonds is 5. The van der Waals surface area contributed by atoms with Crippen molar-refractivity contribution in [2.24, 2.45) is 5.92 Å². The van der Waals surface area contributed by atoms with Crippen molar-refractivity contribution in [1.29, 1.82) is 0 Å². The summed E-state index contributed by atoms with van der Waals surface area (Å²) < 4.78 is 0. The maximum Gasteiger partial charge on any atom is 0.234 e. The molecule has 1 aliphatic carbocycles. The van der Waals surface area contributed by atoms with Gasteiger partial charge in [-0.05, 0) is 62.4 Å². The zero-order valence-corrected chi connectivity index (χ0v) is 15.8. The van der Waals surface area contributed by atoms with Gasteiger partial charge in [0.05, 0.1) is 24.2 Å². The van der Waals surface area contributed by atoms with Crippen molar-refractivity contribution in [2.75, 3.05) is 19.6 Å². The van der Waals surface area contributed by atoms with Gasteiger partial charge < -0.3 is 10.4 Å². The zero-order valence-electron chi connectivity index (χ0n) is 15.8. The van der Waals surface area contributed by atoms with E-state index in [0.29, 0.717) is 6.54 Å². The molecule has 1 saturated carbocycles. The molecule has 27 heavy (non-hydrogen) atoms. The van der Waals surface area contributed by atoms with E-state index >= 15 is 0 Å². The van der Waals surface area contributed by atoms with Crippen LogP contribution in [0.15, 0.2) is 36.5 Å². The van der Waals surface area contributed by atoms with Crippen LogP contribution in [-0.2, 0) is 4.79 Å². The molecule has 2 aliphatic rings. The van der Waals surface area contributed by atoms with E-state index in [4.69, 9.17) is 0 Å². The van der Waals surface area contributed by atoms with Crippen LogP contribution in [0.5, 0.6) is 0 Å². The lowest BCUT2D eigenvalue weighted by Gasteiger charge is -2.38. The van der Waals surface area contributed by atoms with Crippen LogP contribution in [0.2, 0.25) is 0 Å². The van der Waals surface area contributed by atoms with Gasteiger partial charge in [0.1, 0.15) is 0 Å². The highest BCUT2D eigenvalue weighted by atomic mass is 16.3. The van der Waals surface area contributed by atoms with E-state index < -0.39 is 0 Å². The van der Waals surface area contributed by atoms with Crippen LogP contribution >= 0.6 is 0 Å². The summed E-state index contributed by atoms with van der Waals surface area (Å²) in [7, 11) is 0. The first-order valence-corrected chi connectivity index (χ1v) is 10.2. The summed E-state index contributed by atoms with van der Waals surface area (Å²) in [4.78, 5) is 19.6. The van der Waals surface area contributed by atoms with Gasteiger partial charge in [-0.3, -0.25) is 14.7 Å². The molecule has 1 saturated heterocycles. The minimum Gasteiger partial charge on any atom is -0.393 e. The number of amides is 1. The van der Waals surface area contributed by atoms with Gasteiger partial charge in [0.2, 0.25) is 5.91 Å². The van der Waals surface area contributed by atoms with Crippen molar-refractivity contribution in [3.8, 4) is 0 Å². The van der Waals surface area contributed by atoms with Crippen molar-refractivity contribution in [3.05, 3.63) is 42.1 Å². The van der Waals surface area contributed by atoms with E-state index in [1.54, 1.807) is 0 Å².